The molecule has 0 atom stereocenters. The summed E-state index contributed by atoms with van der Waals surface area (Å²) in [4.78, 5) is 11.1. The Morgan fingerprint density at radius 3 is 2.44 bits per heavy atom. The molecular weight excluding hydrogens is 248 g/mol. The van der Waals surface area contributed by atoms with Crippen molar-refractivity contribution in [1.82, 2.24) is 0 Å². The number of carboxylic acids is 1. The van der Waals surface area contributed by atoms with Gasteiger partial charge in [-0.05, 0) is 60.4 Å². The smallest absolute Gasteiger partial charge is 0.335 e. The minimum Gasteiger partial charge on any atom is -0.478 e. The van der Waals surface area contributed by atoms with E-state index >= 15 is 0 Å². The Hall–Kier alpha value is -1.80. The molecule has 1 N–H and O–H groups in total. The van der Waals surface area contributed by atoms with E-state index in [-0.39, 0.29) is 0 Å². The zero-order valence-electron chi connectivity index (χ0n) is 10.2. The largest absolute Gasteiger partial charge is 0.478 e. The molecule has 0 saturated heterocycles. The lowest BCUT2D eigenvalue weighted by Crippen LogP contribution is -1.97. The van der Waals surface area contributed by atoms with Crippen LogP contribution in [0.15, 0.2) is 36.4 Å². The van der Waals surface area contributed by atoms with Crippen molar-refractivity contribution in [2.24, 2.45) is 0 Å². The molecular formula is C15H13ClO2. The molecule has 0 unspecified atom stereocenters. The Kier molecular flexibility index (Phi) is 3.39. The summed E-state index contributed by atoms with van der Waals surface area (Å²) in [6.07, 6.45) is 0. The standard InChI is InChI=1S/C15H13ClO2/c1-9-5-11(8-12(6-9)15(17)18)14-4-3-13(16)7-10(14)2/h3-8H,1-2H3,(H,17,18). The highest BCUT2D eigenvalue weighted by molar-refractivity contribution is 6.30. The van der Waals surface area contributed by atoms with Crippen LogP contribution in [0, 0.1) is 13.8 Å². The first kappa shape index (κ1) is 12.7. The second-order valence-electron chi connectivity index (χ2n) is 4.35. The van der Waals surface area contributed by atoms with Crippen molar-refractivity contribution in [3.8, 4) is 11.1 Å². The number of halogens is 1. The summed E-state index contributed by atoms with van der Waals surface area (Å²) in [6, 6.07) is 10.9. The first-order chi connectivity index (χ1) is 8.47. The van der Waals surface area contributed by atoms with E-state index in [1.54, 1.807) is 12.1 Å². The van der Waals surface area contributed by atoms with Crippen molar-refractivity contribution in [3.05, 3.63) is 58.1 Å². The van der Waals surface area contributed by atoms with E-state index in [9.17, 15) is 4.79 Å². The van der Waals surface area contributed by atoms with Crippen molar-refractivity contribution in [2.75, 3.05) is 0 Å². The van der Waals surface area contributed by atoms with Gasteiger partial charge in [0.2, 0.25) is 0 Å². The van der Waals surface area contributed by atoms with Gasteiger partial charge in [-0.3, -0.25) is 0 Å². The quantitative estimate of drug-likeness (QED) is 0.873. The van der Waals surface area contributed by atoms with Crippen LogP contribution >= 0.6 is 11.6 Å². The molecule has 0 radical (unpaired) electrons. The number of aromatic carboxylic acids is 1. The number of benzene rings is 2. The molecule has 0 amide bonds. The van der Waals surface area contributed by atoms with E-state index < -0.39 is 5.97 Å². The van der Waals surface area contributed by atoms with Crippen LogP contribution in [0.25, 0.3) is 11.1 Å². The van der Waals surface area contributed by atoms with Gasteiger partial charge in [-0.25, -0.2) is 4.79 Å². The van der Waals surface area contributed by atoms with Crippen LogP contribution in [0.1, 0.15) is 21.5 Å². The fourth-order valence-electron chi connectivity index (χ4n) is 2.01. The molecule has 2 aromatic carbocycles. The Morgan fingerprint density at radius 2 is 1.83 bits per heavy atom. The van der Waals surface area contributed by atoms with Crippen LogP contribution in [-0.2, 0) is 0 Å². The van der Waals surface area contributed by atoms with Gasteiger partial charge in [-0.2, -0.15) is 0 Å². The van der Waals surface area contributed by atoms with Gasteiger partial charge in [0.15, 0.2) is 0 Å². The number of carbonyl (C=O) groups is 1. The molecule has 92 valence electrons. The third-order valence-corrected chi connectivity index (χ3v) is 3.06. The van der Waals surface area contributed by atoms with Gasteiger partial charge in [0, 0.05) is 5.02 Å². The molecule has 0 fully saturated rings. The molecule has 0 aliphatic carbocycles. The third-order valence-electron chi connectivity index (χ3n) is 2.82. The van der Waals surface area contributed by atoms with E-state index in [0.29, 0.717) is 10.6 Å². The molecule has 2 aromatic rings. The Morgan fingerprint density at radius 1 is 1.11 bits per heavy atom. The molecule has 2 rings (SSSR count). The topological polar surface area (TPSA) is 37.3 Å². The molecule has 18 heavy (non-hydrogen) atoms. The Bertz CT molecular complexity index is 618. The van der Waals surface area contributed by atoms with E-state index in [1.807, 2.05) is 38.1 Å². The predicted octanol–water partition coefficient (Wildman–Crippen LogP) is 4.32. The van der Waals surface area contributed by atoms with Gasteiger partial charge in [0.1, 0.15) is 0 Å². The number of carboxylic acid groups (broad SMARTS) is 1. The first-order valence-electron chi connectivity index (χ1n) is 5.59. The highest BCUT2D eigenvalue weighted by Crippen LogP contribution is 2.27. The zero-order chi connectivity index (χ0) is 13.3. The summed E-state index contributed by atoms with van der Waals surface area (Å²) in [5.41, 5.74) is 4.18. The third kappa shape index (κ3) is 2.54. The van der Waals surface area contributed by atoms with Crippen molar-refractivity contribution < 1.29 is 9.90 Å². The second kappa shape index (κ2) is 4.83. The number of hydrogen-bond donors (Lipinski definition) is 1. The molecule has 0 bridgehead atoms. The highest BCUT2D eigenvalue weighted by Gasteiger charge is 2.08. The molecule has 0 saturated carbocycles. The first-order valence-corrected chi connectivity index (χ1v) is 5.96. The average molecular weight is 261 g/mol. The lowest BCUT2D eigenvalue weighted by Gasteiger charge is -2.09. The molecule has 0 heterocycles. The summed E-state index contributed by atoms with van der Waals surface area (Å²) < 4.78 is 0. The van der Waals surface area contributed by atoms with Crippen molar-refractivity contribution in [3.63, 3.8) is 0 Å². The summed E-state index contributed by atoms with van der Waals surface area (Å²) in [6.45, 7) is 3.85. The van der Waals surface area contributed by atoms with Crippen molar-refractivity contribution in [2.45, 2.75) is 13.8 Å². The van der Waals surface area contributed by atoms with Crippen molar-refractivity contribution >= 4 is 17.6 Å². The SMILES string of the molecule is Cc1cc(C(=O)O)cc(-c2ccc(Cl)cc2C)c1. The average Bonchev–Trinajstić information content (AvgIpc) is 2.27. The molecule has 2 nitrogen and oxygen atoms in total. The van der Waals surface area contributed by atoms with Crippen LogP contribution < -0.4 is 0 Å². The maximum atomic E-state index is 11.1. The fraction of sp³-hybridized carbons (Fsp3) is 0.133. The van der Waals surface area contributed by atoms with Crippen LogP contribution in [0.2, 0.25) is 5.02 Å². The van der Waals surface area contributed by atoms with Crippen LogP contribution in [0.5, 0.6) is 0 Å². The van der Waals surface area contributed by atoms with Gasteiger partial charge in [-0.15, -0.1) is 0 Å². The van der Waals surface area contributed by atoms with Gasteiger partial charge in [0.25, 0.3) is 0 Å². The van der Waals surface area contributed by atoms with Gasteiger partial charge >= 0.3 is 5.97 Å². The molecule has 0 aromatic heterocycles. The predicted molar refractivity (Wildman–Crippen MR) is 73.3 cm³/mol. The number of aryl methyl sites for hydroxylation is 2. The van der Waals surface area contributed by atoms with Crippen LogP contribution in [0.4, 0.5) is 0 Å². The van der Waals surface area contributed by atoms with E-state index in [4.69, 9.17) is 16.7 Å². The van der Waals surface area contributed by atoms with Gasteiger partial charge in [0.05, 0.1) is 5.56 Å². The van der Waals surface area contributed by atoms with E-state index in [0.717, 1.165) is 22.3 Å². The summed E-state index contributed by atoms with van der Waals surface area (Å²) >= 11 is 5.92. The highest BCUT2D eigenvalue weighted by atomic mass is 35.5. The van der Waals surface area contributed by atoms with E-state index in [1.165, 1.54) is 0 Å². The van der Waals surface area contributed by atoms with Crippen LogP contribution in [-0.4, -0.2) is 11.1 Å². The minimum absolute atomic E-state index is 0.305. The minimum atomic E-state index is -0.911. The summed E-state index contributed by atoms with van der Waals surface area (Å²) in [5, 5.41) is 9.76. The van der Waals surface area contributed by atoms with Gasteiger partial charge in [-0.1, -0.05) is 23.7 Å². The lowest BCUT2D eigenvalue weighted by atomic mass is 9.97. The molecule has 0 aliphatic heterocycles. The monoisotopic (exact) mass is 260 g/mol. The second-order valence-corrected chi connectivity index (χ2v) is 4.79. The number of hydrogen-bond acceptors (Lipinski definition) is 1. The summed E-state index contributed by atoms with van der Waals surface area (Å²) in [5.74, 6) is -0.911. The van der Waals surface area contributed by atoms with Crippen molar-refractivity contribution in [1.29, 1.82) is 0 Å². The van der Waals surface area contributed by atoms with E-state index in [2.05, 4.69) is 0 Å². The number of rotatable bonds is 2. The molecule has 0 spiro atoms. The lowest BCUT2D eigenvalue weighted by molar-refractivity contribution is 0.0697. The fourth-order valence-corrected chi connectivity index (χ4v) is 2.24. The Balaban J connectivity index is 2.60. The maximum Gasteiger partial charge on any atom is 0.335 e. The van der Waals surface area contributed by atoms with Crippen LogP contribution in [0.3, 0.4) is 0 Å². The summed E-state index contributed by atoms with van der Waals surface area (Å²) in [7, 11) is 0. The Labute approximate surface area is 111 Å². The van der Waals surface area contributed by atoms with Gasteiger partial charge < -0.3 is 5.11 Å². The normalized spacial score (nSPS) is 10.4. The maximum absolute atomic E-state index is 11.1. The molecule has 3 heteroatoms. The zero-order valence-corrected chi connectivity index (χ0v) is 11.0. The molecule has 0 aliphatic rings.